The summed E-state index contributed by atoms with van der Waals surface area (Å²) in [6.07, 6.45) is -6.33. The van der Waals surface area contributed by atoms with Crippen LogP contribution >= 0.6 is 0 Å². The molecule has 148 valence electrons. The number of esters is 4. The Hall–Kier alpha value is -3.11. The zero-order valence-corrected chi connectivity index (χ0v) is 14.9. The third-order valence-corrected chi connectivity index (χ3v) is 3.16. The number of carbonyl (C=O) groups is 4. The lowest BCUT2D eigenvalue weighted by molar-refractivity contribution is -0.247. The predicted molar refractivity (Wildman–Crippen MR) is 85.6 cm³/mol. The Bertz CT molecular complexity index is 659. The van der Waals surface area contributed by atoms with E-state index in [0.717, 1.165) is 20.8 Å². The first-order valence-electron chi connectivity index (χ1n) is 7.70. The van der Waals surface area contributed by atoms with E-state index in [0.29, 0.717) is 0 Å². The normalized spacial score (nSPS) is 26.7. The van der Waals surface area contributed by atoms with E-state index < -0.39 is 54.5 Å². The van der Waals surface area contributed by atoms with Crippen LogP contribution < -0.4 is 0 Å². The molecule has 0 aromatic carbocycles. The van der Waals surface area contributed by atoms with E-state index in [1.165, 1.54) is 6.08 Å². The maximum absolute atomic E-state index is 12.3. The van der Waals surface area contributed by atoms with E-state index in [1.54, 1.807) is 0 Å². The van der Waals surface area contributed by atoms with Crippen LogP contribution in [0.15, 0.2) is 17.8 Å². The van der Waals surface area contributed by atoms with Crippen LogP contribution in [0.5, 0.6) is 0 Å². The molecule has 0 N–H and O–H groups in total. The molecule has 1 saturated heterocycles. The summed E-state index contributed by atoms with van der Waals surface area (Å²) in [6.45, 7) is 6.38. The molecule has 0 aromatic rings. The van der Waals surface area contributed by atoms with Crippen molar-refractivity contribution in [3.05, 3.63) is 23.1 Å². The molecule has 1 rings (SSSR count). The maximum Gasteiger partial charge on any atom is 0.339 e. The minimum atomic E-state index is -1.61. The van der Waals surface area contributed by atoms with E-state index >= 15 is 0 Å². The molecule has 0 bridgehead atoms. The summed E-state index contributed by atoms with van der Waals surface area (Å²) in [4.78, 5) is 49.3. The number of azide groups is 1. The van der Waals surface area contributed by atoms with Crippen LogP contribution in [0.2, 0.25) is 0 Å². The van der Waals surface area contributed by atoms with E-state index in [-0.39, 0.29) is 6.61 Å². The maximum atomic E-state index is 12.3. The van der Waals surface area contributed by atoms with Crippen LogP contribution in [-0.4, -0.2) is 61.1 Å². The summed E-state index contributed by atoms with van der Waals surface area (Å²) in [5.74, 6) is -3.45. The zero-order chi connectivity index (χ0) is 20.6. The zero-order valence-electron chi connectivity index (χ0n) is 14.9. The summed E-state index contributed by atoms with van der Waals surface area (Å²) in [6, 6.07) is 0. The number of rotatable bonds is 7. The molecule has 0 aromatic heterocycles. The van der Waals surface area contributed by atoms with Crippen molar-refractivity contribution in [1.82, 2.24) is 0 Å². The quantitative estimate of drug-likeness (QED) is 0.152. The highest BCUT2D eigenvalue weighted by Gasteiger charge is 2.54. The second kappa shape index (κ2) is 10.1. The van der Waals surface area contributed by atoms with Gasteiger partial charge in [-0.3, -0.25) is 14.4 Å². The van der Waals surface area contributed by atoms with Gasteiger partial charge in [-0.2, -0.15) is 0 Å². The van der Waals surface area contributed by atoms with Crippen LogP contribution in [0.25, 0.3) is 10.4 Å². The van der Waals surface area contributed by atoms with Crippen molar-refractivity contribution in [2.75, 3.05) is 6.61 Å². The van der Waals surface area contributed by atoms with Gasteiger partial charge >= 0.3 is 23.9 Å². The van der Waals surface area contributed by atoms with Crippen molar-refractivity contribution in [3.63, 3.8) is 0 Å². The third kappa shape index (κ3) is 6.28. The highest BCUT2D eigenvalue weighted by Crippen LogP contribution is 2.30. The van der Waals surface area contributed by atoms with Crippen LogP contribution in [0.3, 0.4) is 0 Å². The molecule has 0 amide bonds. The van der Waals surface area contributed by atoms with Crippen molar-refractivity contribution in [2.24, 2.45) is 5.11 Å². The predicted octanol–water partition coefficient (Wildman–Crippen LogP) is 0.546. The second-order valence-corrected chi connectivity index (χ2v) is 5.29. The molecule has 27 heavy (non-hydrogen) atoms. The molecule has 5 atom stereocenters. The van der Waals surface area contributed by atoms with Crippen molar-refractivity contribution in [2.45, 2.75) is 51.4 Å². The van der Waals surface area contributed by atoms with Gasteiger partial charge < -0.3 is 23.7 Å². The summed E-state index contributed by atoms with van der Waals surface area (Å²) >= 11 is 0. The summed E-state index contributed by atoms with van der Waals surface area (Å²) in [5.41, 5.74) is 8.73. The van der Waals surface area contributed by atoms with Gasteiger partial charge in [0, 0.05) is 25.7 Å². The van der Waals surface area contributed by atoms with Crippen molar-refractivity contribution in [1.29, 1.82) is 0 Å². The van der Waals surface area contributed by atoms with Gasteiger partial charge in [0.1, 0.15) is 6.61 Å². The molecule has 1 aliphatic rings. The Balaban J connectivity index is 3.37. The van der Waals surface area contributed by atoms with E-state index in [1.807, 2.05) is 0 Å². The lowest BCUT2D eigenvalue weighted by Gasteiger charge is -2.42. The van der Waals surface area contributed by atoms with E-state index in [9.17, 15) is 19.2 Å². The van der Waals surface area contributed by atoms with Gasteiger partial charge in [-0.25, -0.2) is 4.79 Å². The first-order chi connectivity index (χ1) is 12.7. The highest BCUT2D eigenvalue weighted by molar-refractivity contribution is 5.77. The molecule has 1 fully saturated rings. The lowest BCUT2D eigenvalue weighted by Crippen LogP contribution is -2.62. The van der Waals surface area contributed by atoms with E-state index in [2.05, 4.69) is 16.6 Å². The molecule has 1 heterocycles. The Morgan fingerprint density at radius 3 is 2.04 bits per heavy atom. The van der Waals surface area contributed by atoms with Gasteiger partial charge in [0.25, 0.3) is 0 Å². The number of nitrogens with zero attached hydrogens (tertiary/aromatic N) is 3. The lowest BCUT2D eigenvalue weighted by atomic mass is 9.97. The highest BCUT2D eigenvalue weighted by atomic mass is 16.7. The third-order valence-electron chi connectivity index (χ3n) is 3.16. The number of ether oxygens (including phenoxy) is 5. The van der Waals surface area contributed by atoms with Crippen molar-refractivity contribution < 1.29 is 42.9 Å². The van der Waals surface area contributed by atoms with Crippen LogP contribution in [0.4, 0.5) is 0 Å². The van der Waals surface area contributed by atoms with Crippen LogP contribution in [-0.2, 0) is 42.9 Å². The molecule has 12 heteroatoms. The molecule has 0 unspecified atom stereocenters. The number of carbonyl (C=O) groups excluding carboxylic acids is 4. The molecule has 0 radical (unpaired) electrons. The molecular weight excluding hydrogens is 366 g/mol. The monoisotopic (exact) mass is 385 g/mol. The first-order valence-corrected chi connectivity index (χ1v) is 7.70. The minimum absolute atomic E-state index is 0.177. The average Bonchev–Trinajstić information content (AvgIpc) is 2.56. The SMILES string of the molecule is C=CCOC(=O)[C@H]1O[C@@H](N=[N+]=[N-])[C@H](OC(C)=O)[C@@H](OC(C)=O)[C@@H]1OC(C)=O. The summed E-state index contributed by atoms with van der Waals surface area (Å²) in [5, 5.41) is 3.32. The van der Waals surface area contributed by atoms with Gasteiger partial charge in [-0.05, 0) is 5.53 Å². The molecule has 1 aliphatic heterocycles. The number of hydrogen-bond acceptors (Lipinski definition) is 10. The summed E-state index contributed by atoms with van der Waals surface area (Å²) in [7, 11) is 0. The van der Waals surface area contributed by atoms with Crippen molar-refractivity contribution >= 4 is 23.9 Å². The molecule has 0 saturated carbocycles. The summed E-state index contributed by atoms with van der Waals surface area (Å²) < 4.78 is 25.4. The average molecular weight is 385 g/mol. The first kappa shape index (κ1) is 21.9. The largest absolute Gasteiger partial charge is 0.459 e. The van der Waals surface area contributed by atoms with Gasteiger partial charge in [0.05, 0.1) is 0 Å². The van der Waals surface area contributed by atoms with Crippen LogP contribution in [0, 0.1) is 0 Å². The Kier molecular flexibility index (Phi) is 8.24. The molecular formula is C15H19N3O9. The smallest absolute Gasteiger partial charge is 0.339 e. The van der Waals surface area contributed by atoms with E-state index in [4.69, 9.17) is 29.2 Å². The second-order valence-electron chi connectivity index (χ2n) is 5.29. The van der Waals surface area contributed by atoms with Crippen molar-refractivity contribution in [3.8, 4) is 0 Å². The Morgan fingerprint density at radius 1 is 1.04 bits per heavy atom. The van der Waals surface area contributed by atoms with Gasteiger partial charge in [0.2, 0.25) is 0 Å². The standard InChI is InChI=1S/C15H19N3O9/c1-5-6-23-15(22)13-11(25-8(3)20)10(24-7(2)19)12(26-9(4)21)14(27-13)17-18-16/h5,10-14H,1,6H2,2-4H3/t10-,11-,12+,13-,14+/m0/s1. The number of hydrogen-bond donors (Lipinski definition) is 0. The van der Waals surface area contributed by atoms with Crippen LogP contribution in [0.1, 0.15) is 20.8 Å². The molecule has 0 aliphatic carbocycles. The molecule has 0 spiro atoms. The molecule has 12 nitrogen and oxygen atoms in total. The fourth-order valence-corrected chi connectivity index (χ4v) is 2.35. The fraction of sp³-hybridized carbons (Fsp3) is 0.600. The minimum Gasteiger partial charge on any atom is -0.459 e. The Morgan fingerprint density at radius 2 is 1.56 bits per heavy atom. The Labute approximate surface area is 154 Å². The topological polar surface area (TPSA) is 163 Å². The van der Waals surface area contributed by atoms with Gasteiger partial charge in [-0.1, -0.05) is 17.8 Å². The fourth-order valence-electron chi connectivity index (χ4n) is 2.35. The van der Waals surface area contributed by atoms with Gasteiger partial charge in [-0.15, -0.1) is 0 Å². The van der Waals surface area contributed by atoms with Gasteiger partial charge in [0.15, 0.2) is 30.6 Å².